The highest BCUT2D eigenvalue weighted by Crippen LogP contribution is 2.22. The van der Waals surface area contributed by atoms with Crippen LogP contribution in [0.25, 0.3) is 0 Å². The minimum absolute atomic E-state index is 0.0164. The molecule has 2 aromatic rings. The van der Waals surface area contributed by atoms with E-state index in [9.17, 15) is 14.7 Å². The Morgan fingerprint density at radius 2 is 1.86 bits per heavy atom. The van der Waals surface area contributed by atoms with E-state index in [1.165, 1.54) is 18.2 Å². The molecular weight excluding hydrogens is 270 g/mol. The highest BCUT2D eigenvalue weighted by Gasteiger charge is 2.14. The number of hydrogen-bond acceptors (Lipinski definition) is 4. The number of carbonyl (C=O) groups is 2. The van der Waals surface area contributed by atoms with Gasteiger partial charge in [-0.1, -0.05) is 18.2 Å². The fourth-order valence-electron chi connectivity index (χ4n) is 1.78. The van der Waals surface area contributed by atoms with Crippen LogP contribution in [0, 0.1) is 0 Å². The quantitative estimate of drug-likeness (QED) is 0.669. The summed E-state index contributed by atoms with van der Waals surface area (Å²) in [5, 5.41) is 12.3. The zero-order valence-corrected chi connectivity index (χ0v) is 11.5. The molecule has 0 fully saturated rings. The molecular formula is C16H15NO4. The summed E-state index contributed by atoms with van der Waals surface area (Å²) < 4.78 is 4.84. The second-order valence-electron chi connectivity index (χ2n) is 4.27. The maximum atomic E-state index is 12.0. The summed E-state index contributed by atoms with van der Waals surface area (Å²) in [5.41, 5.74) is 0.927. The molecule has 0 spiro atoms. The molecule has 108 valence electrons. The molecule has 0 saturated carbocycles. The SMILES string of the molecule is CCOC(=O)c1cc(NC(=O)c2ccccc2)ccc1O. The number of ether oxygens (including phenoxy) is 1. The summed E-state index contributed by atoms with van der Waals surface area (Å²) in [6.07, 6.45) is 0. The number of aromatic hydroxyl groups is 1. The van der Waals surface area contributed by atoms with Crippen molar-refractivity contribution < 1.29 is 19.4 Å². The normalized spacial score (nSPS) is 9.95. The maximum absolute atomic E-state index is 12.0. The summed E-state index contributed by atoms with van der Waals surface area (Å²) in [6, 6.07) is 12.9. The standard InChI is InChI=1S/C16H15NO4/c1-2-21-16(20)13-10-12(8-9-14(13)18)17-15(19)11-6-4-3-5-7-11/h3-10,18H,2H2,1H3,(H,17,19). The molecule has 0 aliphatic rings. The smallest absolute Gasteiger partial charge is 0.341 e. The predicted molar refractivity (Wildman–Crippen MR) is 78.5 cm³/mol. The van der Waals surface area contributed by atoms with E-state index in [2.05, 4.69) is 5.32 Å². The van der Waals surface area contributed by atoms with Gasteiger partial charge in [0, 0.05) is 11.3 Å². The van der Waals surface area contributed by atoms with Crippen LogP contribution in [0.3, 0.4) is 0 Å². The van der Waals surface area contributed by atoms with E-state index in [0.717, 1.165) is 0 Å². The van der Waals surface area contributed by atoms with Gasteiger partial charge < -0.3 is 15.2 Å². The van der Waals surface area contributed by atoms with E-state index in [4.69, 9.17) is 4.74 Å². The molecule has 0 unspecified atom stereocenters. The van der Waals surface area contributed by atoms with Crippen LogP contribution >= 0.6 is 0 Å². The lowest BCUT2D eigenvalue weighted by Crippen LogP contribution is -2.12. The Kier molecular flexibility index (Phi) is 4.56. The van der Waals surface area contributed by atoms with Gasteiger partial charge in [-0.3, -0.25) is 4.79 Å². The molecule has 0 aliphatic heterocycles. The van der Waals surface area contributed by atoms with Gasteiger partial charge in [0.15, 0.2) is 0 Å². The summed E-state index contributed by atoms with van der Waals surface area (Å²) in [7, 11) is 0. The van der Waals surface area contributed by atoms with Gasteiger partial charge in [0.1, 0.15) is 11.3 Å². The Morgan fingerprint density at radius 3 is 2.52 bits per heavy atom. The third-order valence-electron chi connectivity index (χ3n) is 2.79. The Bertz CT molecular complexity index is 653. The van der Waals surface area contributed by atoms with E-state index in [1.54, 1.807) is 31.2 Å². The number of phenolic OH excluding ortho intramolecular Hbond substituents is 1. The second-order valence-corrected chi connectivity index (χ2v) is 4.27. The molecule has 5 nitrogen and oxygen atoms in total. The van der Waals surface area contributed by atoms with Crippen molar-refractivity contribution in [3.05, 3.63) is 59.7 Å². The van der Waals surface area contributed by atoms with Crippen molar-refractivity contribution >= 4 is 17.6 Å². The lowest BCUT2D eigenvalue weighted by atomic mass is 10.1. The highest BCUT2D eigenvalue weighted by molar-refractivity contribution is 6.05. The first-order chi connectivity index (χ1) is 10.1. The molecule has 1 amide bonds. The van der Waals surface area contributed by atoms with Gasteiger partial charge >= 0.3 is 5.97 Å². The van der Waals surface area contributed by atoms with Crippen molar-refractivity contribution in [3.63, 3.8) is 0 Å². The zero-order chi connectivity index (χ0) is 15.2. The van der Waals surface area contributed by atoms with Gasteiger partial charge in [0.05, 0.1) is 6.61 Å². The topological polar surface area (TPSA) is 75.6 Å². The molecule has 0 aromatic heterocycles. The van der Waals surface area contributed by atoms with Gasteiger partial charge in [-0.2, -0.15) is 0 Å². The van der Waals surface area contributed by atoms with Crippen molar-refractivity contribution in [1.82, 2.24) is 0 Å². The number of amides is 1. The predicted octanol–water partition coefficient (Wildman–Crippen LogP) is 2.82. The summed E-state index contributed by atoms with van der Waals surface area (Å²) >= 11 is 0. The minimum atomic E-state index is -0.634. The lowest BCUT2D eigenvalue weighted by molar-refractivity contribution is 0.0523. The third-order valence-corrected chi connectivity index (χ3v) is 2.79. The van der Waals surface area contributed by atoms with Gasteiger partial charge in [-0.15, -0.1) is 0 Å². The van der Waals surface area contributed by atoms with Crippen molar-refractivity contribution in [1.29, 1.82) is 0 Å². The Hall–Kier alpha value is -2.82. The summed E-state index contributed by atoms with van der Waals surface area (Å²) in [6.45, 7) is 1.88. The van der Waals surface area contributed by atoms with Gasteiger partial charge in [0.25, 0.3) is 5.91 Å². The van der Waals surface area contributed by atoms with Crippen molar-refractivity contribution in [2.45, 2.75) is 6.92 Å². The first-order valence-corrected chi connectivity index (χ1v) is 6.48. The number of esters is 1. The van der Waals surface area contributed by atoms with E-state index in [0.29, 0.717) is 11.3 Å². The molecule has 2 aromatic carbocycles. The number of carbonyl (C=O) groups excluding carboxylic acids is 2. The van der Waals surface area contributed by atoms with Gasteiger partial charge in [0.2, 0.25) is 0 Å². The van der Waals surface area contributed by atoms with Crippen LogP contribution in [0.15, 0.2) is 48.5 Å². The molecule has 0 aliphatic carbocycles. The molecule has 0 atom stereocenters. The Labute approximate surface area is 122 Å². The lowest BCUT2D eigenvalue weighted by Gasteiger charge is -2.09. The molecule has 0 bridgehead atoms. The Morgan fingerprint density at radius 1 is 1.14 bits per heavy atom. The molecule has 0 saturated heterocycles. The summed E-state index contributed by atoms with van der Waals surface area (Å²) in [5.74, 6) is -1.12. The minimum Gasteiger partial charge on any atom is -0.507 e. The molecule has 0 heterocycles. The summed E-state index contributed by atoms with van der Waals surface area (Å²) in [4.78, 5) is 23.7. The Balaban J connectivity index is 2.20. The first kappa shape index (κ1) is 14.6. The molecule has 5 heteroatoms. The third kappa shape index (κ3) is 3.60. The number of phenols is 1. The number of hydrogen-bond donors (Lipinski definition) is 2. The number of nitrogens with one attached hydrogen (secondary N) is 1. The van der Waals surface area contributed by atoms with Crippen molar-refractivity contribution in [2.75, 3.05) is 11.9 Å². The molecule has 0 radical (unpaired) electrons. The zero-order valence-electron chi connectivity index (χ0n) is 11.5. The largest absolute Gasteiger partial charge is 0.507 e. The van der Waals surface area contributed by atoms with Crippen LogP contribution in [0.4, 0.5) is 5.69 Å². The van der Waals surface area contributed by atoms with Crippen LogP contribution in [-0.4, -0.2) is 23.6 Å². The average molecular weight is 285 g/mol. The average Bonchev–Trinajstić information content (AvgIpc) is 2.50. The van der Waals surface area contributed by atoms with Crippen LogP contribution in [0.2, 0.25) is 0 Å². The number of rotatable bonds is 4. The number of benzene rings is 2. The second kappa shape index (κ2) is 6.56. The van der Waals surface area contributed by atoms with Gasteiger partial charge in [-0.05, 0) is 37.3 Å². The van der Waals surface area contributed by atoms with E-state index >= 15 is 0 Å². The molecule has 2 N–H and O–H groups in total. The van der Waals surface area contributed by atoms with Crippen LogP contribution in [0.1, 0.15) is 27.6 Å². The fourth-order valence-corrected chi connectivity index (χ4v) is 1.78. The molecule has 21 heavy (non-hydrogen) atoms. The van der Waals surface area contributed by atoms with E-state index in [1.807, 2.05) is 6.07 Å². The monoisotopic (exact) mass is 285 g/mol. The van der Waals surface area contributed by atoms with Crippen LogP contribution in [0.5, 0.6) is 5.75 Å². The number of anilines is 1. The maximum Gasteiger partial charge on any atom is 0.341 e. The van der Waals surface area contributed by atoms with Crippen LogP contribution in [-0.2, 0) is 4.74 Å². The van der Waals surface area contributed by atoms with E-state index in [-0.39, 0.29) is 23.8 Å². The first-order valence-electron chi connectivity index (χ1n) is 6.48. The fraction of sp³-hybridized carbons (Fsp3) is 0.125. The van der Waals surface area contributed by atoms with Crippen LogP contribution < -0.4 is 5.32 Å². The van der Waals surface area contributed by atoms with Gasteiger partial charge in [-0.25, -0.2) is 4.79 Å². The van der Waals surface area contributed by atoms with Crippen molar-refractivity contribution in [2.24, 2.45) is 0 Å². The molecule has 2 rings (SSSR count). The highest BCUT2D eigenvalue weighted by atomic mass is 16.5. The van der Waals surface area contributed by atoms with E-state index < -0.39 is 5.97 Å². The van der Waals surface area contributed by atoms with Crippen molar-refractivity contribution in [3.8, 4) is 5.75 Å².